The number of amides is 3. The van der Waals surface area contributed by atoms with E-state index in [4.69, 9.17) is 4.74 Å². The zero-order valence-corrected chi connectivity index (χ0v) is 19.3. The average Bonchev–Trinajstić information content (AvgIpc) is 2.80. The molecule has 0 saturated heterocycles. The van der Waals surface area contributed by atoms with Crippen LogP contribution in [0.15, 0.2) is 54.6 Å². The monoisotopic (exact) mass is 437 g/mol. The molecule has 0 aliphatic heterocycles. The molecule has 0 saturated carbocycles. The first-order valence-electron chi connectivity index (χ1n) is 10.5. The normalized spacial score (nSPS) is 11.7. The molecule has 0 aliphatic rings. The number of nitrogens with zero attached hydrogens (tertiary/aromatic N) is 2. The molecule has 0 fully saturated rings. The Bertz CT molecular complexity index is 950. The second-order valence-corrected chi connectivity index (χ2v) is 7.59. The van der Waals surface area contributed by atoms with E-state index in [0.717, 1.165) is 16.9 Å². The lowest BCUT2D eigenvalue weighted by Gasteiger charge is -2.25. The van der Waals surface area contributed by atoms with E-state index in [2.05, 4.69) is 5.32 Å². The lowest BCUT2D eigenvalue weighted by Crippen LogP contribution is -2.46. The van der Waals surface area contributed by atoms with Crippen molar-refractivity contribution in [1.82, 2.24) is 15.1 Å². The molecular formula is C25H31N3O4. The molecule has 1 N–H and O–H groups in total. The van der Waals surface area contributed by atoms with Gasteiger partial charge in [-0.2, -0.15) is 0 Å². The second-order valence-electron chi connectivity index (χ2n) is 7.59. The van der Waals surface area contributed by atoms with Gasteiger partial charge >= 0.3 is 0 Å². The van der Waals surface area contributed by atoms with Crippen LogP contribution in [0.1, 0.15) is 35.3 Å². The molecule has 2 aromatic rings. The summed E-state index contributed by atoms with van der Waals surface area (Å²) in [5.74, 6) is 0.153. The minimum Gasteiger partial charge on any atom is -0.497 e. The summed E-state index contributed by atoms with van der Waals surface area (Å²) >= 11 is 0. The summed E-state index contributed by atoms with van der Waals surface area (Å²) in [7, 11) is 5.00. The van der Waals surface area contributed by atoms with Gasteiger partial charge in [0, 0.05) is 38.8 Å². The lowest BCUT2D eigenvalue weighted by atomic mass is 10.1. The van der Waals surface area contributed by atoms with Crippen molar-refractivity contribution in [3.8, 4) is 5.75 Å². The maximum absolute atomic E-state index is 12.8. The van der Waals surface area contributed by atoms with Gasteiger partial charge in [-0.1, -0.05) is 24.3 Å². The lowest BCUT2D eigenvalue weighted by molar-refractivity contribution is -0.135. The molecule has 32 heavy (non-hydrogen) atoms. The fourth-order valence-corrected chi connectivity index (χ4v) is 3.06. The number of carbonyl (C=O) groups excluding carboxylic acids is 3. The van der Waals surface area contributed by atoms with Crippen LogP contribution in [0.2, 0.25) is 0 Å². The standard InChI is InChI=1S/C25H31N3O4/c1-6-28(17-20-7-12-21(13-8-20)25(31)27(3)4)24(30)18(2)26-23(29)16-11-19-9-14-22(32-5)15-10-19/h7-16,18H,6,17H2,1-5H3,(H,26,29)/b16-11+. The number of carbonyl (C=O) groups is 3. The molecule has 1 atom stereocenters. The molecule has 0 radical (unpaired) electrons. The third-order valence-electron chi connectivity index (χ3n) is 4.95. The Morgan fingerprint density at radius 2 is 1.66 bits per heavy atom. The van der Waals surface area contributed by atoms with Crippen LogP contribution in [-0.4, -0.2) is 61.3 Å². The SMILES string of the molecule is CCN(Cc1ccc(C(=O)N(C)C)cc1)C(=O)C(C)NC(=O)/C=C/c1ccc(OC)cc1. The first-order valence-corrected chi connectivity index (χ1v) is 10.5. The number of benzene rings is 2. The quantitative estimate of drug-likeness (QED) is 0.612. The maximum Gasteiger partial charge on any atom is 0.253 e. The van der Waals surface area contributed by atoms with Crippen molar-refractivity contribution < 1.29 is 19.1 Å². The summed E-state index contributed by atoms with van der Waals surface area (Å²) in [6, 6.07) is 13.8. The molecule has 7 nitrogen and oxygen atoms in total. The van der Waals surface area contributed by atoms with Gasteiger partial charge in [0.1, 0.15) is 11.8 Å². The summed E-state index contributed by atoms with van der Waals surface area (Å²) in [4.78, 5) is 40.3. The maximum atomic E-state index is 12.8. The van der Waals surface area contributed by atoms with E-state index in [-0.39, 0.29) is 17.7 Å². The highest BCUT2D eigenvalue weighted by atomic mass is 16.5. The van der Waals surface area contributed by atoms with Gasteiger partial charge in [0.15, 0.2) is 0 Å². The summed E-state index contributed by atoms with van der Waals surface area (Å²) in [5, 5.41) is 2.72. The minimum absolute atomic E-state index is 0.0704. The predicted octanol–water partition coefficient (Wildman–Crippen LogP) is 2.96. The van der Waals surface area contributed by atoms with Crippen LogP contribution < -0.4 is 10.1 Å². The van der Waals surface area contributed by atoms with Gasteiger partial charge in [-0.05, 0) is 55.3 Å². The molecule has 0 aromatic heterocycles. The Hall–Kier alpha value is -3.61. The van der Waals surface area contributed by atoms with E-state index >= 15 is 0 Å². The van der Waals surface area contributed by atoms with E-state index in [1.165, 1.54) is 11.0 Å². The number of hydrogen-bond acceptors (Lipinski definition) is 4. The van der Waals surface area contributed by atoms with Gasteiger partial charge < -0.3 is 19.9 Å². The Morgan fingerprint density at radius 3 is 2.19 bits per heavy atom. The Labute approximate surface area is 189 Å². The van der Waals surface area contributed by atoms with Crippen LogP contribution in [-0.2, 0) is 16.1 Å². The van der Waals surface area contributed by atoms with Crippen LogP contribution in [0.25, 0.3) is 6.08 Å². The van der Waals surface area contributed by atoms with E-state index in [1.54, 1.807) is 51.2 Å². The van der Waals surface area contributed by atoms with Crippen LogP contribution in [0.3, 0.4) is 0 Å². The van der Waals surface area contributed by atoms with Crippen molar-refractivity contribution >= 4 is 23.8 Å². The largest absolute Gasteiger partial charge is 0.497 e. The smallest absolute Gasteiger partial charge is 0.253 e. The summed E-state index contributed by atoms with van der Waals surface area (Å²) in [6.07, 6.45) is 3.09. The highest BCUT2D eigenvalue weighted by molar-refractivity contribution is 5.95. The van der Waals surface area contributed by atoms with Crippen molar-refractivity contribution in [3.05, 3.63) is 71.3 Å². The summed E-state index contributed by atoms with van der Waals surface area (Å²) in [5.41, 5.74) is 2.36. The third kappa shape index (κ3) is 6.97. The average molecular weight is 438 g/mol. The van der Waals surface area contributed by atoms with Crippen molar-refractivity contribution in [2.24, 2.45) is 0 Å². The third-order valence-corrected chi connectivity index (χ3v) is 4.95. The van der Waals surface area contributed by atoms with Crippen LogP contribution in [0, 0.1) is 0 Å². The van der Waals surface area contributed by atoms with Gasteiger partial charge in [-0.15, -0.1) is 0 Å². The minimum atomic E-state index is -0.669. The Balaban J connectivity index is 1.94. The van der Waals surface area contributed by atoms with E-state index in [0.29, 0.717) is 18.7 Å². The molecule has 1 unspecified atom stereocenters. The van der Waals surface area contributed by atoms with Crippen LogP contribution in [0.4, 0.5) is 0 Å². The van der Waals surface area contributed by atoms with Gasteiger partial charge in [-0.3, -0.25) is 14.4 Å². The fraction of sp³-hybridized carbons (Fsp3) is 0.320. The zero-order chi connectivity index (χ0) is 23.7. The van der Waals surface area contributed by atoms with Crippen molar-refractivity contribution in [2.75, 3.05) is 27.7 Å². The molecule has 2 rings (SSSR count). The highest BCUT2D eigenvalue weighted by Crippen LogP contribution is 2.13. The van der Waals surface area contributed by atoms with Gasteiger partial charge in [0.05, 0.1) is 7.11 Å². The molecule has 0 spiro atoms. The predicted molar refractivity (Wildman–Crippen MR) is 125 cm³/mol. The van der Waals surface area contributed by atoms with Gasteiger partial charge in [-0.25, -0.2) is 0 Å². The summed E-state index contributed by atoms with van der Waals surface area (Å²) < 4.78 is 5.11. The molecule has 170 valence electrons. The number of likely N-dealkylation sites (N-methyl/N-ethyl adjacent to an activating group) is 1. The Morgan fingerprint density at radius 1 is 1.03 bits per heavy atom. The van der Waals surface area contributed by atoms with Gasteiger partial charge in [0.2, 0.25) is 11.8 Å². The van der Waals surface area contributed by atoms with E-state index in [9.17, 15) is 14.4 Å². The summed E-state index contributed by atoms with van der Waals surface area (Å²) in [6.45, 7) is 4.45. The zero-order valence-electron chi connectivity index (χ0n) is 19.3. The van der Waals surface area contributed by atoms with Crippen LogP contribution in [0.5, 0.6) is 5.75 Å². The first-order chi connectivity index (χ1) is 15.2. The Kier molecular flexibility index (Phi) is 9.01. The fourth-order valence-electron chi connectivity index (χ4n) is 3.06. The van der Waals surface area contributed by atoms with E-state index in [1.807, 2.05) is 43.3 Å². The topological polar surface area (TPSA) is 79.0 Å². The second kappa shape index (κ2) is 11.7. The number of rotatable bonds is 9. The number of hydrogen-bond donors (Lipinski definition) is 1. The molecule has 0 aliphatic carbocycles. The molecule has 7 heteroatoms. The molecule has 3 amide bonds. The molecular weight excluding hydrogens is 406 g/mol. The number of ether oxygens (including phenoxy) is 1. The molecule has 0 heterocycles. The van der Waals surface area contributed by atoms with Gasteiger partial charge in [0.25, 0.3) is 5.91 Å². The number of methoxy groups -OCH3 is 1. The van der Waals surface area contributed by atoms with E-state index < -0.39 is 6.04 Å². The van der Waals surface area contributed by atoms with Crippen LogP contribution >= 0.6 is 0 Å². The molecule has 2 aromatic carbocycles. The van der Waals surface area contributed by atoms with Crippen molar-refractivity contribution in [1.29, 1.82) is 0 Å². The highest BCUT2D eigenvalue weighted by Gasteiger charge is 2.20. The molecule has 0 bridgehead atoms. The van der Waals surface area contributed by atoms with Crippen molar-refractivity contribution in [3.63, 3.8) is 0 Å². The number of nitrogens with one attached hydrogen (secondary N) is 1. The first kappa shape index (κ1) is 24.7. The van der Waals surface area contributed by atoms with Crippen molar-refractivity contribution in [2.45, 2.75) is 26.4 Å².